The third-order valence-corrected chi connectivity index (χ3v) is 2.12. The second-order valence-corrected chi connectivity index (χ2v) is 3.51. The van der Waals surface area contributed by atoms with Crippen LogP contribution in [-0.4, -0.2) is 34.9 Å². The molecule has 2 amide bonds. The first kappa shape index (κ1) is 13.9. The second kappa shape index (κ2) is 6.55. The minimum absolute atomic E-state index is 0.0911. The first-order valence-corrected chi connectivity index (χ1v) is 5.19. The minimum atomic E-state index is -1.24. The number of aliphatic hydroxyl groups excluding tert-OH is 1. The number of rotatable bonds is 5. The lowest BCUT2D eigenvalue weighted by molar-refractivity contribution is -0.139. The van der Waals surface area contributed by atoms with Crippen molar-refractivity contribution in [1.29, 1.82) is 0 Å². The van der Waals surface area contributed by atoms with Crippen LogP contribution in [0.2, 0.25) is 0 Å². The van der Waals surface area contributed by atoms with Gasteiger partial charge in [0.05, 0.1) is 0 Å². The van der Waals surface area contributed by atoms with E-state index < -0.39 is 23.9 Å². The Kier molecular flexibility index (Phi) is 5.06. The number of urea groups is 1. The first-order valence-electron chi connectivity index (χ1n) is 5.19. The van der Waals surface area contributed by atoms with Gasteiger partial charge in [0.2, 0.25) is 0 Å². The van der Waals surface area contributed by atoms with E-state index in [1.807, 2.05) is 0 Å². The van der Waals surface area contributed by atoms with Gasteiger partial charge >= 0.3 is 12.0 Å². The molecule has 1 aromatic carbocycles. The monoisotopic (exact) mass is 256 g/mol. The Bertz CT molecular complexity index is 422. The number of carboxylic acid groups (broad SMARTS) is 1. The maximum Gasteiger partial charge on any atom is 0.326 e. The summed E-state index contributed by atoms with van der Waals surface area (Å²) in [5.74, 6) is -1.68. The summed E-state index contributed by atoms with van der Waals surface area (Å²) in [4.78, 5) is 22.1. The molecule has 0 unspecified atom stereocenters. The molecule has 0 aliphatic carbocycles. The average molecular weight is 256 g/mol. The van der Waals surface area contributed by atoms with Crippen LogP contribution in [-0.2, 0) is 4.79 Å². The number of carbonyl (C=O) groups excluding carboxylic acids is 1. The molecule has 0 saturated heterocycles. The summed E-state index contributed by atoms with van der Waals surface area (Å²) in [6.07, 6.45) is -0.0911. The molecule has 1 atom stereocenters. The molecule has 6 nitrogen and oxygen atoms in total. The van der Waals surface area contributed by atoms with E-state index in [2.05, 4.69) is 10.6 Å². The van der Waals surface area contributed by atoms with Crippen LogP contribution in [0.25, 0.3) is 0 Å². The van der Waals surface area contributed by atoms with Gasteiger partial charge < -0.3 is 20.8 Å². The molecule has 0 fully saturated rings. The Hall–Kier alpha value is -2.15. The Labute approximate surface area is 102 Å². The van der Waals surface area contributed by atoms with E-state index in [-0.39, 0.29) is 13.0 Å². The van der Waals surface area contributed by atoms with E-state index in [1.165, 1.54) is 12.1 Å². The van der Waals surface area contributed by atoms with E-state index in [9.17, 15) is 14.0 Å². The number of anilines is 1. The van der Waals surface area contributed by atoms with Gasteiger partial charge in [0.25, 0.3) is 0 Å². The van der Waals surface area contributed by atoms with Gasteiger partial charge in [-0.1, -0.05) is 0 Å². The Balaban J connectivity index is 2.54. The van der Waals surface area contributed by atoms with Crippen molar-refractivity contribution in [3.8, 4) is 0 Å². The fraction of sp³-hybridized carbons (Fsp3) is 0.273. The van der Waals surface area contributed by atoms with Crippen molar-refractivity contribution in [2.45, 2.75) is 12.5 Å². The van der Waals surface area contributed by atoms with Crippen LogP contribution in [0.1, 0.15) is 6.42 Å². The maximum atomic E-state index is 12.6. The summed E-state index contributed by atoms with van der Waals surface area (Å²) in [6.45, 7) is -0.353. The van der Waals surface area contributed by atoms with Crippen molar-refractivity contribution in [2.24, 2.45) is 0 Å². The number of aliphatic carboxylic acids is 1. The summed E-state index contributed by atoms with van der Waals surface area (Å²) in [5.41, 5.74) is 0.335. The highest BCUT2D eigenvalue weighted by Gasteiger charge is 2.18. The van der Waals surface area contributed by atoms with Crippen molar-refractivity contribution >= 4 is 17.7 Å². The molecule has 7 heteroatoms. The SMILES string of the molecule is O=C(Nc1ccc(F)cc1)N[C@@H](CCO)C(=O)O. The van der Waals surface area contributed by atoms with E-state index in [4.69, 9.17) is 10.2 Å². The van der Waals surface area contributed by atoms with Gasteiger partial charge in [-0.2, -0.15) is 0 Å². The topological polar surface area (TPSA) is 98.7 Å². The van der Waals surface area contributed by atoms with Gasteiger partial charge in [-0.15, -0.1) is 0 Å². The number of nitrogens with one attached hydrogen (secondary N) is 2. The Morgan fingerprint density at radius 1 is 1.28 bits per heavy atom. The molecule has 0 aromatic heterocycles. The van der Waals surface area contributed by atoms with Crippen molar-refractivity contribution in [1.82, 2.24) is 5.32 Å². The van der Waals surface area contributed by atoms with Crippen LogP contribution >= 0.6 is 0 Å². The third-order valence-electron chi connectivity index (χ3n) is 2.12. The number of hydrogen-bond donors (Lipinski definition) is 4. The van der Waals surface area contributed by atoms with Crippen LogP contribution < -0.4 is 10.6 Å². The average Bonchev–Trinajstić information content (AvgIpc) is 2.31. The molecule has 0 bridgehead atoms. The molecule has 1 rings (SSSR count). The van der Waals surface area contributed by atoms with Gasteiger partial charge in [-0.05, 0) is 24.3 Å². The van der Waals surface area contributed by atoms with E-state index >= 15 is 0 Å². The fourth-order valence-electron chi connectivity index (χ4n) is 1.25. The van der Waals surface area contributed by atoms with Gasteiger partial charge in [-0.3, -0.25) is 0 Å². The van der Waals surface area contributed by atoms with Crippen LogP contribution in [0.15, 0.2) is 24.3 Å². The van der Waals surface area contributed by atoms with Crippen molar-refractivity contribution in [3.05, 3.63) is 30.1 Å². The van der Waals surface area contributed by atoms with E-state index in [0.717, 1.165) is 12.1 Å². The number of amides is 2. The summed E-state index contributed by atoms with van der Waals surface area (Å²) < 4.78 is 12.6. The number of halogens is 1. The van der Waals surface area contributed by atoms with Crippen LogP contribution in [0.3, 0.4) is 0 Å². The molecule has 0 spiro atoms. The number of hydrogen-bond acceptors (Lipinski definition) is 3. The first-order chi connectivity index (χ1) is 8.52. The predicted octanol–water partition coefficient (Wildman–Crippen LogP) is 0.783. The Morgan fingerprint density at radius 2 is 1.89 bits per heavy atom. The molecular weight excluding hydrogens is 243 g/mol. The number of aliphatic hydroxyl groups is 1. The van der Waals surface area contributed by atoms with Gasteiger partial charge in [0, 0.05) is 18.7 Å². The highest BCUT2D eigenvalue weighted by Crippen LogP contribution is 2.07. The van der Waals surface area contributed by atoms with E-state index in [0.29, 0.717) is 5.69 Å². The molecule has 0 aliphatic rings. The predicted molar refractivity (Wildman–Crippen MR) is 61.7 cm³/mol. The molecule has 0 heterocycles. The molecule has 4 N–H and O–H groups in total. The van der Waals surface area contributed by atoms with Crippen molar-refractivity contribution in [2.75, 3.05) is 11.9 Å². The maximum absolute atomic E-state index is 12.6. The van der Waals surface area contributed by atoms with Gasteiger partial charge in [-0.25, -0.2) is 14.0 Å². The summed E-state index contributed by atoms with van der Waals surface area (Å²) in [7, 11) is 0. The molecular formula is C11H13FN2O4. The lowest BCUT2D eigenvalue weighted by Gasteiger charge is -2.13. The standard InChI is InChI=1S/C11H13FN2O4/c12-7-1-3-8(4-2-7)13-11(18)14-9(5-6-15)10(16)17/h1-4,9,15H,5-6H2,(H,16,17)(H2,13,14,18)/t9-/m0/s1. The fourth-order valence-corrected chi connectivity index (χ4v) is 1.25. The number of carboxylic acids is 1. The highest BCUT2D eigenvalue weighted by molar-refractivity contribution is 5.92. The summed E-state index contributed by atoms with van der Waals surface area (Å²) in [6, 6.07) is 3.11. The quantitative estimate of drug-likeness (QED) is 0.625. The summed E-state index contributed by atoms with van der Waals surface area (Å²) >= 11 is 0. The summed E-state index contributed by atoms with van der Waals surface area (Å²) in [5, 5.41) is 21.9. The molecule has 0 aliphatic heterocycles. The van der Waals surface area contributed by atoms with Crippen LogP contribution in [0.5, 0.6) is 0 Å². The zero-order valence-corrected chi connectivity index (χ0v) is 9.39. The lowest BCUT2D eigenvalue weighted by atomic mass is 10.2. The van der Waals surface area contributed by atoms with Gasteiger partial charge in [0.15, 0.2) is 0 Å². The number of benzene rings is 1. The van der Waals surface area contributed by atoms with Crippen LogP contribution in [0.4, 0.5) is 14.9 Å². The van der Waals surface area contributed by atoms with Gasteiger partial charge in [0.1, 0.15) is 11.9 Å². The Morgan fingerprint density at radius 3 is 2.39 bits per heavy atom. The molecule has 18 heavy (non-hydrogen) atoms. The largest absolute Gasteiger partial charge is 0.480 e. The molecule has 1 aromatic rings. The molecule has 0 saturated carbocycles. The van der Waals surface area contributed by atoms with Crippen LogP contribution in [0, 0.1) is 5.82 Å². The van der Waals surface area contributed by atoms with Crippen molar-refractivity contribution < 1.29 is 24.2 Å². The normalized spacial score (nSPS) is 11.7. The molecule has 0 radical (unpaired) electrons. The highest BCUT2D eigenvalue weighted by atomic mass is 19.1. The lowest BCUT2D eigenvalue weighted by Crippen LogP contribution is -2.43. The smallest absolute Gasteiger partial charge is 0.326 e. The zero-order valence-electron chi connectivity index (χ0n) is 9.39. The number of carbonyl (C=O) groups is 2. The third kappa shape index (κ3) is 4.38. The second-order valence-electron chi connectivity index (χ2n) is 3.51. The molecule has 98 valence electrons. The van der Waals surface area contributed by atoms with Crippen molar-refractivity contribution in [3.63, 3.8) is 0 Å². The minimum Gasteiger partial charge on any atom is -0.480 e. The zero-order chi connectivity index (χ0) is 13.5. The van der Waals surface area contributed by atoms with E-state index in [1.54, 1.807) is 0 Å².